The summed E-state index contributed by atoms with van der Waals surface area (Å²) in [6.45, 7) is 0.638. The predicted octanol–water partition coefficient (Wildman–Crippen LogP) is 3.82. The molecule has 0 fully saturated rings. The van der Waals surface area contributed by atoms with E-state index in [1.54, 1.807) is 11.4 Å². The number of halogens is 1. The van der Waals surface area contributed by atoms with Gasteiger partial charge in [0.05, 0.1) is 5.56 Å². The van der Waals surface area contributed by atoms with E-state index in [1.165, 1.54) is 11.3 Å². The Hall–Kier alpha value is -1.33. The third kappa shape index (κ3) is 3.31. The number of aromatic carboxylic acids is 1. The van der Waals surface area contributed by atoms with Crippen molar-refractivity contribution >= 4 is 38.9 Å². The van der Waals surface area contributed by atoms with Crippen molar-refractivity contribution < 1.29 is 9.90 Å². The molecule has 5 heteroatoms. The number of carbonyl (C=O) groups is 1. The lowest BCUT2D eigenvalue weighted by molar-refractivity contribution is 0.0697. The van der Waals surface area contributed by atoms with Crippen LogP contribution >= 0.6 is 27.3 Å². The largest absolute Gasteiger partial charge is 0.478 e. The third-order valence-corrected chi connectivity index (χ3v) is 3.68. The Kier molecular flexibility index (Phi) is 3.81. The summed E-state index contributed by atoms with van der Waals surface area (Å²) in [5.41, 5.74) is 1.36. The fourth-order valence-electron chi connectivity index (χ4n) is 1.34. The second-order valence-corrected chi connectivity index (χ2v) is 5.38. The van der Waals surface area contributed by atoms with Gasteiger partial charge in [-0.15, -0.1) is 11.3 Å². The average Bonchev–Trinajstić information content (AvgIpc) is 2.77. The number of hydrogen-bond acceptors (Lipinski definition) is 3. The van der Waals surface area contributed by atoms with Gasteiger partial charge in [0.15, 0.2) is 0 Å². The molecule has 17 heavy (non-hydrogen) atoms. The Balaban J connectivity index is 1.97. The summed E-state index contributed by atoms with van der Waals surface area (Å²) in [6, 6.07) is 9.54. The highest BCUT2D eigenvalue weighted by Crippen LogP contribution is 2.18. The first-order chi connectivity index (χ1) is 8.15. The van der Waals surface area contributed by atoms with Crippen LogP contribution in [-0.2, 0) is 6.54 Å². The molecule has 2 rings (SSSR count). The molecular weight excluding hydrogens is 302 g/mol. The van der Waals surface area contributed by atoms with Crippen molar-refractivity contribution in [2.45, 2.75) is 6.54 Å². The van der Waals surface area contributed by atoms with E-state index in [2.05, 4.69) is 21.2 Å². The number of thiophene rings is 1. The quantitative estimate of drug-likeness (QED) is 0.902. The van der Waals surface area contributed by atoms with Crippen molar-refractivity contribution in [2.75, 3.05) is 5.32 Å². The van der Waals surface area contributed by atoms with E-state index in [0.29, 0.717) is 12.1 Å². The van der Waals surface area contributed by atoms with Crippen molar-refractivity contribution in [1.29, 1.82) is 0 Å². The summed E-state index contributed by atoms with van der Waals surface area (Å²) in [5.74, 6) is -0.879. The SMILES string of the molecule is O=C(O)c1csc(CNc2ccc(Br)cc2)c1. The van der Waals surface area contributed by atoms with Crippen LogP contribution in [0.1, 0.15) is 15.2 Å². The Bertz CT molecular complexity index is 522. The lowest BCUT2D eigenvalue weighted by Crippen LogP contribution is -1.97. The maximum Gasteiger partial charge on any atom is 0.336 e. The maximum absolute atomic E-state index is 10.7. The summed E-state index contributed by atoms with van der Waals surface area (Å²) < 4.78 is 1.03. The highest BCUT2D eigenvalue weighted by molar-refractivity contribution is 9.10. The molecule has 0 radical (unpaired) electrons. The topological polar surface area (TPSA) is 49.3 Å². The van der Waals surface area contributed by atoms with E-state index < -0.39 is 5.97 Å². The Morgan fingerprint density at radius 2 is 2.06 bits per heavy atom. The number of hydrogen-bond donors (Lipinski definition) is 2. The first kappa shape index (κ1) is 12.1. The molecule has 3 nitrogen and oxygen atoms in total. The second-order valence-electron chi connectivity index (χ2n) is 3.47. The number of carboxylic acid groups (broad SMARTS) is 1. The minimum absolute atomic E-state index is 0.350. The molecule has 0 unspecified atom stereocenters. The van der Waals surface area contributed by atoms with Crippen molar-refractivity contribution in [3.63, 3.8) is 0 Å². The average molecular weight is 312 g/mol. The zero-order chi connectivity index (χ0) is 12.3. The van der Waals surface area contributed by atoms with E-state index in [1.807, 2.05) is 24.3 Å². The molecule has 2 aromatic rings. The fraction of sp³-hybridized carbons (Fsp3) is 0.0833. The summed E-state index contributed by atoms with van der Waals surface area (Å²) in [7, 11) is 0. The molecule has 1 aromatic carbocycles. The molecule has 0 saturated carbocycles. The summed E-state index contributed by atoms with van der Waals surface area (Å²) >= 11 is 4.82. The molecule has 0 aliphatic heterocycles. The first-order valence-electron chi connectivity index (χ1n) is 4.95. The van der Waals surface area contributed by atoms with Crippen molar-refractivity contribution in [1.82, 2.24) is 0 Å². The molecule has 88 valence electrons. The highest BCUT2D eigenvalue weighted by Gasteiger charge is 2.05. The van der Waals surface area contributed by atoms with Gasteiger partial charge in [0, 0.05) is 27.0 Å². The fourth-order valence-corrected chi connectivity index (χ4v) is 2.40. The maximum atomic E-state index is 10.7. The van der Waals surface area contributed by atoms with Gasteiger partial charge >= 0.3 is 5.97 Å². The second kappa shape index (κ2) is 5.33. The van der Waals surface area contributed by atoms with Crippen LogP contribution in [-0.4, -0.2) is 11.1 Å². The van der Waals surface area contributed by atoms with Crippen LogP contribution in [0.4, 0.5) is 5.69 Å². The number of anilines is 1. The van der Waals surface area contributed by atoms with Gasteiger partial charge in [0.2, 0.25) is 0 Å². The monoisotopic (exact) mass is 311 g/mol. The molecule has 2 N–H and O–H groups in total. The minimum atomic E-state index is -0.879. The molecule has 0 spiro atoms. The van der Waals surface area contributed by atoms with Crippen LogP contribution in [0.5, 0.6) is 0 Å². The predicted molar refractivity (Wildman–Crippen MR) is 72.7 cm³/mol. The molecule has 0 amide bonds. The number of benzene rings is 1. The molecule has 1 aromatic heterocycles. The molecule has 0 aliphatic rings. The van der Waals surface area contributed by atoms with Gasteiger partial charge < -0.3 is 10.4 Å². The zero-order valence-corrected chi connectivity index (χ0v) is 11.2. The summed E-state index contributed by atoms with van der Waals surface area (Å²) in [4.78, 5) is 11.7. The standard InChI is InChI=1S/C12H10BrNO2S/c13-9-1-3-10(4-2-9)14-6-11-5-8(7-17-11)12(15)16/h1-5,7,14H,6H2,(H,15,16). The Morgan fingerprint density at radius 1 is 1.35 bits per heavy atom. The molecular formula is C12H10BrNO2S. The number of rotatable bonds is 4. The van der Waals surface area contributed by atoms with Gasteiger partial charge in [-0.25, -0.2) is 4.79 Å². The highest BCUT2D eigenvalue weighted by atomic mass is 79.9. The normalized spacial score (nSPS) is 10.2. The van der Waals surface area contributed by atoms with Crippen LogP contribution in [0.25, 0.3) is 0 Å². The molecule has 0 saturated heterocycles. The zero-order valence-electron chi connectivity index (χ0n) is 8.81. The molecule has 0 bridgehead atoms. The lowest BCUT2D eigenvalue weighted by Gasteiger charge is -2.04. The first-order valence-corrected chi connectivity index (χ1v) is 6.62. The van der Waals surface area contributed by atoms with E-state index in [4.69, 9.17) is 5.11 Å². The molecule has 1 heterocycles. The van der Waals surface area contributed by atoms with Gasteiger partial charge in [-0.2, -0.15) is 0 Å². The summed E-state index contributed by atoms with van der Waals surface area (Å²) in [5, 5.41) is 13.7. The summed E-state index contributed by atoms with van der Waals surface area (Å²) in [6.07, 6.45) is 0. The van der Waals surface area contributed by atoms with E-state index in [-0.39, 0.29) is 0 Å². The van der Waals surface area contributed by atoms with Crippen molar-refractivity contribution in [2.24, 2.45) is 0 Å². The lowest BCUT2D eigenvalue weighted by atomic mass is 10.3. The van der Waals surface area contributed by atoms with Gasteiger partial charge in [0.1, 0.15) is 0 Å². The van der Waals surface area contributed by atoms with E-state index >= 15 is 0 Å². The smallest absolute Gasteiger partial charge is 0.336 e. The Morgan fingerprint density at radius 3 is 2.65 bits per heavy atom. The number of nitrogens with one attached hydrogen (secondary N) is 1. The van der Waals surface area contributed by atoms with Gasteiger partial charge in [-0.3, -0.25) is 0 Å². The van der Waals surface area contributed by atoms with Gasteiger partial charge in [0.25, 0.3) is 0 Å². The molecule has 0 atom stereocenters. The van der Waals surface area contributed by atoms with E-state index in [0.717, 1.165) is 15.0 Å². The van der Waals surface area contributed by atoms with Crippen LogP contribution in [0.2, 0.25) is 0 Å². The Labute approximate surface area is 111 Å². The van der Waals surface area contributed by atoms with Gasteiger partial charge in [-0.05, 0) is 30.3 Å². The van der Waals surface area contributed by atoms with Crippen LogP contribution in [0.3, 0.4) is 0 Å². The van der Waals surface area contributed by atoms with Gasteiger partial charge in [-0.1, -0.05) is 15.9 Å². The van der Waals surface area contributed by atoms with Crippen LogP contribution in [0.15, 0.2) is 40.2 Å². The third-order valence-electron chi connectivity index (χ3n) is 2.21. The van der Waals surface area contributed by atoms with Crippen LogP contribution in [0, 0.1) is 0 Å². The van der Waals surface area contributed by atoms with E-state index in [9.17, 15) is 4.79 Å². The van der Waals surface area contributed by atoms with Crippen LogP contribution < -0.4 is 5.32 Å². The number of carboxylic acids is 1. The van der Waals surface area contributed by atoms with Crippen molar-refractivity contribution in [3.05, 3.63) is 50.6 Å². The van der Waals surface area contributed by atoms with Crippen molar-refractivity contribution in [3.8, 4) is 0 Å². The minimum Gasteiger partial charge on any atom is -0.478 e. The molecule has 0 aliphatic carbocycles.